The van der Waals surface area contributed by atoms with Crippen molar-refractivity contribution in [2.24, 2.45) is 5.92 Å². The first-order valence-corrected chi connectivity index (χ1v) is 7.27. The maximum Gasteiger partial charge on any atom is 0.237 e. The maximum atomic E-state index is 11.9. The van der Waals surface area contributed by atoms with E-state index in [1.165, 1.54) is 0 Å². The van der Waals surface area contributed by atoms with Crippen LogP contribution in [0.2, 0.25) is 0 Å². The molecular weight excluding hydrogens is 244 g/mol. The lowest BCUT2D eigenvalue weighted by atomic mass is 9.88. The zero-order valence-corrected chi connectivity index (χ0v) is 11.3. The molecule has 2 aliphatic carbocycles. The van der Waals surface area contributed by atoms with E-state index >= 15 is 0 Å². The van der Waals surface area contributed by atoms with Crippen molar-refractivity contribution >= 4 is 5.78 Å². The van der Waals surface area contributed by atoms with E-state index in [1.807, 2.05) is 6.92 Å². The fourth-order valence-electron chi connectivity index (χ4n) is 2.75. The van der Waals surface area contributed by atoms with Crippen LogP contribution in [0.3, 0.4) is 0 Å². The average Bonchev–Trinajstić information content (AvgIpc) is 3.14. The van der Waals surface area contributed by atoms with Gasteiger partial charge in [0, 0.05) is 13.0 Å². The van der Waals surface area contributed by atoms with Crippen molar-refractivity contribution in [1.82, 2.24) is 10.1 Å². The first-order chi connectivity index (χ1) is 9.29. The second-order valence-electron chi connectivity index (χ2n) is 5.47. The first kappa shape index (κ1) is 12.8. The number of hydrogen-bond donors (Lipinski definition) is 0. The van der Waals surface area contributed by atoms with Gasteiger partial charge in [-0.15, -0.1) is 0 Å². The third-order valence-corrected chi connectivity index (χ3v) is 3.96. The second-order valence-corrected chi connectivity index (χ2v) is 5.47. The highest BCUT2D eigenvalue weighted by molar-refractivity contribution is 5.85. The third kappa shape index (κ3) is 2.71. The van der Waals surface area contributed by atoms with Crippen molar-refractivity contribution < 1.29 is 14.1 Å². The first-order valence-electron chi connectivity index (χ1n) is 7.27. The Morgan fingerprint density at radius 2 is 2.21 bits per heavy atom. The van der Waals surface area contributed by atoms with Crippen LogP contribution in [0.4, 0.5) is 0 Å². The zero-order valence-electron chi connectivity index (χ0n) is 11.3. The number of carbonyl (C=O) groups excluding carboxylic acids is 1. The van der Waals surface area contributed by atoms with Gasteiger partial charge in [-0.25, -0.2) is 0 Å². The number of Topliss-reactive ketones (excluding diaryl/α,β-unsaturated/α-hetero) is 1. The molecule has 19 heavy (non-hydrogen) atoms. The van der Waals surface area contributed by atoms with Crippen LogP contribution in [0.25, 0.3) is 0 Å². The van der Waals surface area contributed by atoms with E-state index in [4.69, 9.17) is 9.26 Å². The summed E-state index contributed by atoms with van der Waals surface area (Å²) >= 11 is 0. The Kier molecular flexibility index (Phi) is 3.64. The van der Waals surface area contributed by atoms with Crippen LogP contribution in [0.1, 0.15) is 69.2 Å². The quantitative estimate of drug-likeness (QED) is 0.818. The van der Waals surface area contributed by atoms with Gasteiger partial charge in [-0.05, 0) is 38.5 Å². The van der Waals surface area contributed by atoms with Gasteiger partial charge >= 0.3 is 0 Å². The molecule has 2 aliphatic rings. The highest BCUT2D eigenvalue weighted by Gasteiger charge is 2.37. The number of carbonyl (C=O) groups is 1. The number of hydrogen-bond acceptors (Lipinski definition) is 5. The van der Waals surface area contributed by atoms with Crippen molar-refractivity contribution in [1.29, 1.82) is 0 Å². The molecule has 2 fully saturated rings. The summed E-state index contributed by atoms with van der Waals surface area (Å²) in [6.07, 6.45) is 5.80. The van der Waals surface area contributed by atoms with Crippen molar-refractivity contribution in [3.63, 3.8) is 0 Å². The molecule has 0 N–H and O–H groups in total. The minimum Gasteiger partial charge on any atom is -0.370 e. The normalized spacial score (nSPS) is 25.5. The molecule has 0 radical (unpaired) electrons. The van der Waals surface area contributed by atoms with Crippen molar-refractivity contribution in [2.45, 2.75) is 57.5 Å². The van der Waals surface area contributed by atoms with E-state index in [9.17, 15) is 4.79 Å². The molecule has 0 amide bonds. The minimum atomic E-state index is -0.184. The van der Waals surface area contributed by atoms with Crippen LogP contribution in [0.5, 0.6) is 0 Å². The molecule has 0 bridgehead atoms. The summed E-state index contributed by atoms with van der Waals surface area (Å²) in [5, 5.41) is 4.04. The largest absolute Gasteiger partial charge is 0.370 e. The van der Waals surface area contributed by atoms with Gasteiger partial charge in [0.15, 0.2) is 0 Å². The Labute approximate surface area is 112 Å². The van der Waals surface area contributed by atoms with Gasteiger partial charge in [0.2, 0.25) is 11.7 Å². The van der Waals surface area contributed by atoms with Crippen LogP contribution < -0.4 is 0 Å². The van der Waals surface area contributed by atoms with Gasteiger partial charge in [0.1, 0.15) is 11.9 Å². The molecule has 0 aromatic carbocycles. The summed E-state index contributed by atoms with van der Waals surface area (Å²) in [5.41, 5.74) is 0. The molecule has 0 aliphatic heterocycles. The summed E-state index contributed by atoms with van der Waals surface area (Å²) in [6, 6.07) is 0. The number of aromatic nitrogens is 2. The van der Waals surface area contributed by atoms with Crippen LogP contribution in [-0.4, -0.2) is 22.5 Å². The predicted octanol–water partition coefficient (Wildman–Crippen LogP) is 2.78. The van der Waals surface area contributed by atoms with Gasteiger partial charge < -0.3 is 9.26 Å². The van der Waals surface area contributed by atoms with Crippen LogP contribution in [0, 0.1) is 5.92 Å². The van der Waals surface area contributed by atoms with Crippen molar-refractivity contribution in [3.8, 4) is 0 Å². The Hall–Kier alpha value is -1.23. The number of rotatable bonds is 5. The maximum absolute atomic E-state index is 11.9. The van der Waals surface area contributed by atoms with Crippen LogP contribution in [-0.2, 0) is 9.53 Å². The number of ether oxygens (including phenoxy) is 1. The van der Waals surface area contributed by atoms with E-state index < -0.39 is 0 Å². The molecule has 2 saturated carbocycles. The standard InChI is InChI=1S/C14H20N2O3/c1-2-18-12(9-7-8-9)13-15-14(19-16-13)10-5-3-4-6-11(10)17/h9-10,12H,2-8H2,1H3. The molecule has 1 aromatic heterocycles. The van der Waals surface area contributed by atoms with E-state index in [2.05, 4.69) is 10.1 Å². The Morgan fingerprint density at radius 3 is 2.89 bits per heavy atom. The van der Waals surface area contributed by atoms with Gasteiger partial charge in [-0.1, -0.05) is 11.6 Å². The Bertz CT molecular complexity index is 453. The molecule has 0 spiro atoms. The summed E-state index contributed by atoms with van der Waals surface area (Å²) in [7, 11) is 0. The number of nitrogens with zero attached hydrogens (tertiary/aromatic N) is 2. The van der Waals surface area contributed by atoms with Crippen molar-refractivity contribution in [2.75, 3.05) is 6.61 Å². The zero-order chi connectivity index (χ0) is 13.2. The van der Waals surface area contributed by atoms with Gasteiger partial charge in [0.05, 0.1) is 5.92 Å². The molecule has 1 aromatic rings. The van der Waals surface area contributed by atoms with E-state index in [1.54, 1.807) is 0 Å². The molecule has 1 heterocycles. The Morgan fingerprint density at radius 1 is 1.37 bits per heavy atom. The topological polar surface area (TPSA) is 65.2 Å². The molecule has 2 unspecified atom stereocenters. The highest BCUT2D eigenvalue weighted by Crippen LogP contribution is 2.42. The number of ketones is 1. The highest BCUT2D eigenvalue weighted by atomic mass is 16.5. The summed E-state index contributed by atoms with van der Waals surface area (Å²) < 4.78 is 11.0. The third-order valence-electron chi connectivity index (χ3n) is 3.96. The lowest BCUT2D eigenvalue weighted by molar-refractivity contribution is -0.122. The van der Waals surface area contributed by atoms with Gasteiger partial charge in [-0.2, -0.15) is 4.98 Å². The van der Waals surface area contributed by atoms with Crippen molar-refractivity contribution in [3.05, 3.63) is 11.7 Å². The van der Waals surface area contributed by atoms with E-state index in [0.717, 1.165) is 32.1 Å². The molecule has 0 saturated heterocycles. The van der Waals surface area contributed by atoms with Crippen LogP contribution >= 0.6 is 0 Å². The molecule has 2 atom stereocenters. The Balaban J connectivity index is 1.75. The fourth-order valence-corrected chi connectivity index (χ4v) is 2.75. The average molecular weight is 264 g/mol. The molecule has 5 nitrogen and oxygen atoms in total. The summed E-state index contributed by atoms with van der Waals surface area (Å²) in [6.45, 7) is 2.62. The lowest BCUT2D eigenvalue weighted by Crippen LogP contribution is -2.17. The molecule has 3 rings (SSSR count). The predicted molar refractivity (Wildman–Crippen MR) is 67.6 cm³/mol. The smallest absolute Gasteiger partial charge is 0.237 e. The SMILES string of the molecule is CCOC(c1noc(C2CCCCC2=O)n1)C1CC1. The fraction of sp³-hybridized carbons (Fsp3) is 0.786. The van der Waals surface area contributed by atoms with Crippen LogP contribution in [0.15, 0.2) is 4.52 Å². The summed E-state index contributed by atoms with van der Waals surface area (Å²) in [5.74, 6) is 1.69. The van der Waals surface area contributed by atoms with E-state index in [-0.39, 0.29) is 17.8 Å². The van der Waals surface area contributed by atoms with E-state index in [0.29, 0.717) is 30.7 Å². The molecule has 5 heteroatoms. The van der Waals surface area contributed by atoms with Gasteiger partial charge in [0.25, 0.3) is 0 Å². The summed E-state index contributed by atoms with van der Waals surface area (Å²) in [4.78, 5) is 16.3. The molecular formula is C14H20N2O3. The second kappa shape index (κ2) is 5.41. The lowest BCUT2D eigenvalue weighted by Gasteiger charge is -2.16. The monoisotopic (exact) mass is 264 g/mol. The van der Waals surface area contributed by atoms with Gasteiger partial charge in [-0.3, -0.25) is 4.79 Å². The molecule has 104 valence electrons. The minimum absolute atomic E-state index is 0.0545.